The Morgan fingerprint density at radius 2 is 1.84 bits per heavy atom. The minimum Gasteiger partial charge on any atom is -0.439 e. The van der Waals surface area contributed by atoms with Crippen LogP contribution in [0, 0.1) is 13.8 Å². The summed E-state index contributed by atoms with van der Waals surface area (Å²) in [5.74, 6) is 2.86. The van der Waals surface area contributed by atoms with Crippen molar-refractivity contribution in [3.8, 4) is 17.4 Å². The molecule has 158 valence electrons. The topological polar surface area (TPSA) is 94.8 Å². The molecule has 0 aliphatic heterocycles. The molecule has 0 aliphatic carbocycles. The molecule has 3 aromatic heterocycles. The first-order valence-corrected chi connectivity index (χ1v) is 10.7. The van der Waals surface area contributed by atoms with E-state index in [0.29, 0.717) is 34.0 Å². The molecule has 0 bridgehead atoms. The molecule has 0 saturated heterocycles. The number of nitrogens with zero attached hydrogens (tertiary/aromatic N) is 5. The maximum Gasteiger partial charge on any atom is 0.284 e. The number of thiazole rings is 1. The Labute approximate surface area is 187 Å². The van der Waals surface area contributed by atoms with Crippen molar-refractivity contribution in [1.29, 1.82) is 0 Å². The molecule has 0 aliphatic rings. The highest BCUT2D eigenvalue weighted by Gasteiger charge is 2.13. The van der Waals surface area contributed by atoms with E-state index in [0.717, 1.165) is 16.0 Å². The fourth-order valence-corrected chi connectivity index (χ4v) is 4.06. The third kappa shape index (κ3) is 4.06. The van der Waals surface area contributed by atoms with Crippen LogP contribution in [0.25, 0.3) is 16.0 Å². The van der Waals surface area contributed by atoms with Crippen molar-refractivity contribution in [2.24, 2.45) is 0 Å². The first-order valence-electron chi connectivity index (χ1n) is 9.86. The van der Waals surface area contributed by atoms with Gasteiger partial charge < -0.3 is 10.1 Å². The summed E-state index contributed by atoms with van der Waals surface area (Å²) in [6.07, 6.45) is 3.55. The predicted molar refractivity (Wildman–Crippen MR) is 123 cm³/mol. The third-order valence-corrected chi connectivity index (χ3v) is 5.73. The molecule has 0 fully saturated rings. The Kier molecular flexibility index (Phi) is 5.08. The van der Waals surface area contributed by atoms with Gasteiger partial charge in [0.1, 0.15) is 23.2 Å². The van der Waals surface area contributed by atoms with E-state index in [4.69, 9.17) is 4.74 Å². The number of imidazole rings is 1. The number of para-hydroxylation sites is 1. The first-order chi connectivity index (χ1) is 15.5. The molecule has 32 heavy (non-hydrogen) atoms. The van der Waals surface area contributed by atoms with Crippen molar-refractivity contribution < 1.29 is 9.53 Å². The summed E-state index contributed by atoms with van der Waals surface area (Å²) in [7, 11) is 0. The van der Waals surface area contributed by atoms with Gasteiger partial charge in [0, 0.05) is 24.1 Å². The number of carbonyl (C=O) groups excluding carboxylic acids is 1. The van der Waals surface area contributed by atoms with Gasteiger partial charge in [0.15, 0.2) is 5.01 Å². The number of aromatic nitrogens is 5. The zero-order chi connectivity index (χ0) is 22.1. The smallest absolute Gasteiger partial charge is 0.284 e. The van der Waals surface area contributed by atoms with E-state index in [1.165, 1.54) is 11.3 Å². The second-order valence-electron chi connectivity index (χ2n) is 7.02. The van der Waals surface area contributed by atoms with Crippen LogP contribution in [0.1, 0.15) is 21.5 Å². The predicted octanol–water partition coefficient (Wildman–Crippen LogP) is 4.93. The number of hydrogen-bond acceptors (Lipinski definition) is 7. The number of rotatable bonds is 5. The van der Waals surface area contributed by atoms with Gasteiger partial charge in [-0.05, 0) is 50.2 Å². The molecule has 8 nitrogen and oxygen atoms in total. The summed E-state index contributed by atoms with van der Waals surface area (Å²) in [5.41, 5.74) is 1.46. The molecular formula is C23H18N6O2S. The molecule has 1 N–H and O–H groups in total. The average Bonchev–Trinajstić information content (AvgIpc) is 3.41. The molecule has 5 rings (SSSR count). The van der Waals surface area contributed by atoms with Crippen molar-refractivity contribution in [2.45, 2.75) is 13.8 Å². The molecular weight excluding hydrogens is 424 g/mol. The highest BCUT2D eigenvalue weighted by atomic mass is 32.1. The minimum absolute atomic E-state index is 0.244. The van der Waals surface area contributed by atoms with Crippen LogP contribution in [0.3, 0.4) is 0 Å². The second kappa shape index (κ2) is 8.20. The molecule has 0 spiro atoms. The van der Waals surface area contributed by atoms with E-state index < -0.39 is 0 Å². The van der Waals surface area contributed by atoms with Crippen molar-refractivity contribution >= 4 is 33.1 Å². The number of amides is 1. The standard InChI is InChI=1S/C23H18N6O2S/c1-14-25-20(29-12-11-24-15(29)2)13-21(26-14)31-17-9-7-16(8-10-17)27-22(30)23-28-18-5-3-4-6-19(18)32-23/h3-13H,1-2H3,(H,27,30). The Bertz CT molecular complexity index is 1390. The first kappa shape index (κ1) is 19.8. The van der Waals surface area contributed by atoms with Crippen molar-refractivity contribution in [2.75, 3.05) is 5.32 Å². The van der Waals surface area contributed by atoms with E-state index in [1.807, 2.05) is 48.9 Å². The Balaban J connectivity index is 1.30. The van der Waals surface area contributed by atoms with Gasteiger partial charge in [-0.1, -0.05) is 12.1 Å². The molecule has 1 amide bonds. The number of fused-ring (bicyclic) bond motifs is 1. The third-order valence-electron chi connectivity index (χ3n) is 4.70. The summed E-state index contributed by atoms with van der Waals surface area (Å²) in [6.45, 7) is 3.71. The van der Waals surface area contributed by atoms with Gasteiger partial charge in [-0.25, -0.2) is 15.0 Å². The lowest BCUT2D eigenvalue weighted by molar-refractivity contribution is 0.102. The molecule has 0 saturated carbocycles. The van der Waals surface area contributed by atoms with Crippen LogP contribution in [-0.2, 0) is 0 Å². The van der Waals surface area contributed by atoms with Gasteiger partial charge in [0.25, 0.3) is 5.91 Å². The largest absolute Gasteiger partial charge is 0.439 e. The van der Waals surface area contributed by atoms with Crippen molar-refractivity contribution in [1.82, 2.24) is 24.5 Å². The average molecular weight is 443 g/mol. The van der Waals surface area contributed by atoms with Crippen LogP contribution in [0.5, 0.6) is 11.6 Å². The van der Waals surface area contributed by atoms with Gasteiger partial charge in [0.05, 0.1) is 10.2 Å². The lowest BCUT2D eigenvalue weighted by atomic mass is 10.3. The van der Waals surface area contributed by atoms with Crippen LogP contribution >= 0.6 is 11.3 Å². The van der Waals surface area contributed by atoms with Crippen LogP contribution in [0.15, 0.2) is 67.0 Å². The van der Waals surface area contributed by atoms with E-state index in [2.05, 4.69) is 25.3 Å². The van der Waals surface area contributed by atoms with Crippen LogP contribution in [0.4, 0.5) is 5.69 Å². The van der Waals surface area contributed by atoms with Gasteiger partial charge >= 0.3 is 0 Å². The van der Waals surface area contributed by atoms with Crippen molar-refractivity contribution in [3.63, 3.8) is 0 Å². The monoisotopic (exact) mass is 442 g/mol. The molecule has 0 unspecified atom stereocenters. The Hall–Kier alpha value is -4.11. The highest BCUT2D eigenvalue weighted by Crippen LogP contribution is 2.25. The quantitative estimate of drug-likeness (QED) is 0.415. The number of ether oxygens (including phenoxy) is 1. The normalized spacial score (nSPS) is 10.9. The Morgan fingerprint density at radius 1 is 1.03 bits per heavy atom. The van der Waals surface area contributed by atoms with E-state index in [1.54, 1.807) is 36.5 Å². The van der Waals surface area contributed by atoms with Gasteiger partial charge in [-0.2, -0.15) is 4.98 Å². The molecule has 0 atom stereocenters. The maximum atomic E-state index is 12.6. The molecule has 9 heteroatoms. The fraction of sp³-hybridized carbons (Fsp3) is 0.0870. The number of nitrogens with one attached hydrogen (secondary N) is 1. The molecule has 5 aromatic rings. The van der Waals surface area contributed by atoms with Gasteiger partial charge in [-0.15, -0.1) is 11.3 Å². The number of benzene rings is 2. The van der Waals surface area contributed by atoms with Gasteiger partial charge in [-0.3, -0.25) is 9.36 Å². The second-order valence-corrected chi connectivity index (χ2v) is 8.05. The zero-order valence-corrected chi connectivity index (χ0v) is 18.1. The summed E-state index contributed by atoms with van der Waals surface area (Å²) < 4.78 is 8.76. The number of carbonyl (C=O) groups is 1. The number of anilines is 1. The van der Waals surface area contributed by atoms with Crippen molar-refractivity contribution in [3.05, 3.63) is 83.6 Å². The number of hydrogen-bond donors (Lipinski definition) is 1. The lowest BCUT2D eigenvalue weighted by Gasteiger charge is -2.10. The summed E-state index contributed by atoms with van der Waals surface area (Å²) in [5, 5.41) is 3.29. The highest BCUT2D eigenvalue weighted by molar-refractivity contribution is 7.20. The summed E-state index contributed by atoms with van der Waals surface area (Å²) >= 11 is 1.36. The van der Waals surface area contributed by atoms with E-state index >= 15 is 0 Å². The minimum atomic E-state index is -0.244. The van der Waals surface area contributed by atoms with Crippen LogP contribution in [-0.4, -0.2) is 30.4 Å². The lowest BCUT2D eigenvalue weighted by Crippen LogP contribution is -2.11. The van der Waals surface area contributed by atoms with E-state index in [-0.39, 0.29) is 5.91 Å². The van der Waals surface area contributed by atoms with Gasteiger partial charge in [0.2, 0.25) is 5.88 Å². The zero-order valence-electron chi connectivity index (χ0n) is 17.3. The summed E-state index contributed by atoms with van der Waals surface area (Å²) in [6, 6.07) is 16.5. The maximum absolute atomic E-state index is 12.6. The Morgan fingerprint density at radius 3 is 2.59 bits per heavy atom. The molecule has 2 aromatic carbocycles. The van der Waals surface area contributed by atoms with Crippen LogP contribution < -0.4 is 10.1 Å². The molecule has 0 radical (unpaired) electrons. The SMILES string of the molecule is Cc1nc(Oc2ccc(NC(=O)c3nc4ccccc4s3)cc2)cc(-n2ccnc2C)n1. The fourth-order valence-electron chi connectivity index (χ4n) is 3.20. The van der Waals surface area contributed by atoms with E-state index in [9.17, 15) is 4.79 Å². The van der Waals surface area contributed by atoms with Crippen LogP contribution in [0.2, 0.25) is 0 Å². The number of aryl methyl sites for hydroxylation is 2. The summed E-state index contributed by atoms with van der Waals surface area (Å²) in [4.78, 5) is 30.0. The molecule has 3 heterocycles.